The molecule has 3 rings (SSSR count). The molecule has 0 saturated heterocycles. The third-order valence-electron chi connectivity index (χ3n) is 4.37. The van der Waals surface area contributed by atoms with Crippen molar-refractivity contribution in [1.82, 2.24) is 5.32 Å². The molecule has 0 aromatic heterocycles. The molecule has 0 heterocycles. The fraction of sp³-hybridized carbons (Fsp3) is 0.467. The first-order valence-corrected chi connectivity index (χ1v) is 7.57. The second kappa shape index (κ2) is 4.88. The van der Waals surface area contributed by atoms with Gasteiger partial charge >= 0.3 is 5.97 Å². The average Bonchev–Trinajstić information content (AvgIpc) is 3.30. The van der Waals surface area contributed by atoms with E-state index in [9.17, 15) is 9.59 Å². The van der Waals surface area contributed by atoms with Crippen molar-refractivity contribution in [3.05, 3.63) is 34.3 Å². The molecular weight excluding hydrogens is 322 g/mol. The molecule has 1 spiro atoms. The SMILES string of the molecule is O=C(O)CC(NC(=O)C1CC12CC2)c1ccc(Br)cc1. The molecule has 5 heteroatoms. The Morgan fingerprint density at radius 1 is 1.35 bits per heavy atom. The van der Waals surface area contributed by atoms with Crippen molar-refractivity contribution in [1.29, 1.82) is 0 Å². The molecule has 0 aliphatic heterocycles. The van der Waals surface area contributed by atoms with Crippen molar-refractivity contribution in [2.24, 2.45) is 11.3 Å². The summed E-state index contributed by atoms with van der Waals surface area (Å²) in [7, 11) is 0. The number of benzene rings is 1. The Balaban J connectivity index is 1.70. The van der Waals surface area contributed by atoms with Crippen molar-refractivity contribution < 1.29 is 14.7 Å². The predicted molar refractivity (Wildman–Crippen MR) is 77.1 cm³/mol. The molecule has 20 heavy (non-hydrogen) atoms. The number of rotatable bonds is 5. The van der Waals surface area contributed by atoms with E-state index in [4.69, 9.17) is 5.11 Å². The van der Waals surface area contributed by atoms with E-state index in [-0.39, 0.29) is 23.7 Å². The van der Waals surface area contributed by atoms with Crippen LogP contribution in [0.25, 0.3) is 0 Å². The molecular formula is C15H16BrNO3. The summed E-state index contributed by atoms with van der Waals surface area (Å²) >= 11 is 3.35. The van der Waals surface area contributed by atoms with Crippen LogP contribution in [0.5, 0.6) is 0 Å². The molecule has 1 aromatic carbocycles. The molecule has 1 aromatic rings. The van der Waals surface area contributed by atoms with E-state index in [1.807, 2.05) is 24.3 Å². The second-order valence-corrected chi connectivity index (χ2v) is 6.75. The highest BCUT2D eigenvalue weighted by Gasteiger charge is 2.65. The normalized spacial score (nSPS) is 23.1. The molecule has 2 saturated carbocycles. The van der Waals surface area contributed by atoms with Crippen LogP contribution in [0.2, 0.25) is 0 Å². The summed E-state index contributed by atoms with van der Waals surface area (Å²) in [6.07, 6.45) is 3.17. The van der Waals surface area contributed by atoms with Crippen LogP contribution in [0.4, 0.5) is 0 Å². The minimum atomic E-state index is -0.907. The van der Waals surface area contributed by atoms with Crippen LogP contribution < -0.4 is 5.32 Å². The number of carbonyl (C=O) groups excluding carboxylic acids is 1. The van der Waals surface area contributed by atoms with Gasteiger partial charge in [-0.05, 0) is 42.4 Å². The van der Waals surface area contributed by atoms with Crippen molar-refractivity contribution in [3.63, 3.8) is 0 Å². The van der Waals surface area contributed by atoms with Gasteiger partial charge in [0.2, 0.25) is 5.91 Å². The van der Waals surface area contributed by atoms with E-state index in [2.05, 4.69) is 21.2 Å². The van der Waals surface area contributed by atoms with E-state index in [1.165, 1.54) is 0 Å². The molecule has 4 nitrogen and oxygen atoms in total. The number of aliphatic carboxylic acids is 1. The molecule has 1 amide bonds. The molecule has 2 atom stereocenters. The van der Waals surface area contributed by atoms with Crippen LogP contribution in [0.1, 0.15) is 37.3 Å². The lowest BCUT2D eigenvalue weighted by atomic mass is 10.0. The van der Waals surface area contributed by atoms with Gasteiger partial charge in [-0.25, -0.2) is 0 Å². The maximum absolute atomic E-state index is 12.2. The first kappa shape index (κ1) is 13.6. The smallest absolute Gasteiger partial charge is 0.305 e. The lowest BCUT2D eigenvalue weighted by molar-refractivity contribution is -0.137. The number of halogens is 1. The Labute approximate surface area is 125 Å². The lowest BCUT2D eigenvalue weighted by Crippen LogP contribution is -2.31. The fourth-order valence-corrected chi connectivity index (χ4v) is 3.09. The minimum Gasteiger partial charge on any atom is -0.481 e. The van der Waals surface area contributed by atoms with Gasteiger partial charge < -0.3 is 10.4 Å². The van der Waals surface area contributed by atoms with Gasteiger partial charge in [0, 0.05) is 10.4 Å². The van der Waals surface area contributed by atoms with Gasteiger partial charge in [-0.2, -0.15) is 0 Å². The average molecular weight is 338 g/mol. The van der Waals surface area contributed by atoms with Crippen LogP contribution in [-0.2, 0) is 9.59 Å². The molecule has 106 valence electrons. The van der Waals surface area contributed by atoms with E-state index in [1.54, 1.807) is 0 Å². The Bertz CT molecular complexity index is 551. The first-order valence-electron chi connectivity index (χ1n) is 6.78. The predicted octanol–water partition coefficient (Wildman–Crippen LogP) is 2.88. The van der Waals surface area contributed by atoms with Crippen LogP contribution >= 0.6 is 15.9 Å². The largest absolute Gasteiger partial charge is 0.481 e. The molecule has 2 aliphatic carbocycles. The van der Waals surface area contributed by atoms with E-state index in [0.717, 1.165) is 29.3 Å². The number of hydrogen-bond donors (Lipinski definition) is 2. The zero-order chi connectivity index (χ0) is 14.3. The standard InChI is InChI=1S/C15H16BrNO3/c16-10-3-1-9(2-4-10)12(7-13(18)19)17-14(20)11-8-15(11)5-6-15/h1-4,11-12H,5-8H2,(H,17,20)(H,18,19). The van der Waals surface area contributed by atoms with Gasteiger partial charge in [0.15, 0.2) is 0 Å². The molecule has 2 N–H and O–H groups in total. The summed E-state index contributed by atoms with van der Waals surface area (Å²) in [6, 6.07) is 6.95. The van der Waals surface area contributed by atoms with Crippen molar-refractivity contribution in [2.45, 2.75) is 31.7 Å². The van der Waals surface area contributed by atoms with E-state index < -0.39 is 12.0 Å². The first-order chi connectivity index (χ1) is 9.50. The van der Waals surface area contributed by atoms with Crippen LogP contribution in [0.15, 0.2) is 28.7 Å². The molecule has 2 aliphatic rings. The fourth-order valence-electron chi connectivity index (χ4n) is 2.83. The van der Waals surface area contributed by atoms with Gasteiger partial charge in [-0.1, -0.05) is 28.1 Å². The zero-order valence-corrected chi connectivity index (χ0v) is 12.5. The zero-order valence-electron chi connectivity index (χ0n) is 10.9. The third kappa shape index (κ3) is 2.73. The monoisotopic (exact) mass is 337 g/mol. The van der Waals surface area contributed by atoms with Crippen molar-refractivity contribution >= 4 is 27.8 Å². The maximum atomic E-state index is 12.2. The minimum absolute atomic E-state index is 0.0108. The highest BCUT2D eigenvalue weighted by Crippen LogP contribution is 2.70. The summed E-state index contributed by atoms with van der Waals surface area (Å²) in [5, 5.41) is 11.9. The van der Waals surface area contributed by atoms with Crippen molar-refractivity contribution in [2.75, 3.05) is 0 Å². The Kier molecular flexibility index (Phi) is 3.32. The molecule has 2 fully saturated rings. The van der Waals surface area contributed by atoms with Gasteiger partial charge in [-0.15, -0.1) is 0 Å². The summed E-state index contributed by atoms with van der Waals surface area (Å²) in [5.41, 5.74) is 1.12. The van der Waals surface area contributed by atoms with E-state index >= 15 is 0 Å². The lowest BCUT2D eigenvalue weighted by Gasteiger charge is -2.17. The van der Waals surface area contributed by atoms with Crippen LogP contribution in [-0.4, -0.2) is 17.0 Å². The van der Waals surface area contributed by atoms with Gasteiger partial charge in [-0.3, -0.25) is 9.59 Å². The summed E-state index contributed by atoms with van der Waals surface area (Å²) in [4.78, 5) is 23.2. The van der Waals surface area contributed by atoms with Crippen molar-refractivity contribution in [3.8, 4) is 0 Å². The summed E-state index contributed by atoms with van der Waals surface area (Å²) < 4.78 is 0.931. The summed E-state index contributed by atoms with van der Waals surface area (Å²) in [6.45, 7) is 0. The Morgan fingerprint density at radius 2 is 2.00 bits per heavy atom. The number of nitrogens with one attached hydrogen (secondary N) is 1. The highest BCUT2D eigenvalue weighted by molar-refractivity contribution is 9.10. The highest BCUT2D eigenvalue weighted by atomic mass is 79.9. The second-order valence-electron chi connectivity index (χ2n) is 5.83. The van der Waals surface area contributed by atoms with Gasteiger partial charge in [0.05, 0.1) is 12.5 Å². The number of carboxylic acids is 1. The van der Waals surface area contributed by atoms with Gasteiger partial charge in [0.25, 0.3) is 0 Å². The summed E-state index contributed by atoms with van der Waals surface area (Å²) in [5.74, 6) is -0.791. The van der Waals surface area contributed by atoms with Crippen LogP contribution in [0, 0.1) is 11.3 Å². The quantitative estimate of drug-likeness (QED) is 0.868. The van der Waals surface area contributed by atoms with Crippen LogP contribution in [0.3, 0.4) is 0 Å². The number of amides is 1. The Hall–Kier alpha value is -1.36. The van der Waals surface area contributed by atoms with Gasteiger partial charge in [0.1, 0.15) is 0 Å². The molecule has 2 unspecified atom stereocenters. The van der Waals surface area contributed by atoms with E-state index in [0.29, 0.717) is 0 Å². The maximum Gasteiger partial charge on any atom is 0.305 e. The Morgan fingerprint density at radius 3 is 2.50 bits per heavy atom. The third-order valence-corrected chi connectivity index (χ3v) is 4.89. The molecule has 0 bridgehead atoms. The topological polar surface area (TPSA) is 66.4 Å². The number of carboxylic acid groups (broad SMARTS) is 1. The number of hydrogen-bond acceptors (Lipinski definition) is 2. The molecule has 0 radical (unpaired) electrons. The number of carbonyl (C=O) groups is 2.